The smallest absolute Gasteiger partial charge is 0.309 e. The van der Waals surface area contributed by atoms with Crippen molar-refractivity contribution in [1.82, 2.24) is 15.2 Å². The molecule has 0 spiro atoms. The lowest BCUT2D eigenvalue weighted by Gasteiger charge is -2.38. The molecule has 11 heteroatoms. The Morgan fingerprint density at radius 1 is 1.09 bits per heavy atom. The van der Waals surface area contributed by atoms with E-state index in [1.807, 2.05) is 36.4 Å². The number of likely N-dealkylation sites (N-methyl/N-ethyl adjacent to an activating group) is 1. The molecule has 1 unspecified atom stereocenters. The second kappa shape index (κ2) is 12.3. The van der Waals surface area contributed by atoms with Gasteiger partial charge < -0.3 is 19.6 Å². The number of carbonyl (C=O) groups is 3. The third kappa shape index (κ3) is 6.46. The molecule has 9 nitrogen and oxygen atoms in total. The van der Waals surface area contributed by atoms with Gasteiger partial charge in [0.05, 0.1) is 17.2 Å². The van der Waals surface area contributed by atoms with E-state index in [9.17, 15) is 28.3 Å². The molecule has 2 amide bonds. The Bertz CT molecular complexity index is 1590. The molecular weight excluding hydrogens is 582 g/mol. The van der Waals surface area contributed by atoms with Gasteiger partial charge in [-0.1, -0.05) is 30.3 Å². The summed E-state index contributed by atoms with van der Waals surface area (Å²) in [5.41, 5.74) is 4.15. The molecule has 1 aromatic heterocycles. The van der Waals surface area contributed by atoms with Gasteiger partial charge in [0.25, 0.3) is 5.91 Å². The first kappa shape index (κ1) is 30.8. The van der Waals surface area contributed by atoms with E-state index in [1.165, 1.54) is 4.90 Å². The standard InChI is InChI=1S/C34H36F2N4O5/c1-20-31(42)39(2)29-15-24(23-8-10-37-11-9-23)6-7-28(29)32(43)40(20)19-21-4-3-5-25(12-21)30(41)38-18-22-13-27(14-22)45-33(44)26-16-34(35,36)17-26/h3-12,15,20,22,26-27,30,38,41H,13-14,16-19H2,1-2H3/t20-,22?,27?,30?/m1/s1. The van der Waals surface area contributed by atoms with Crippen LogP contribution in [0.25, 0.3) is 11.1 Å². The molecule has 2 atom stereocenters. The van der Waals surface area contributed by atoms with E-state index in [0.29, 0.717) is 36.2 Å². The molecule has 0 bridgehead atoms. The number of aliphatic hydroxyl groups is 1. The topological polar surface area (TPSA) is 112 Å². The molecule has 3 aromatic rings. The molecule has 2 aromatic carbocycles. The second-order valence-electron chi connectivity index (χ2n) is 12.4. The van der Waals surface area contributed by atoms with Crippen molar-refractivity contribution in [1.29, 1.82) is 0 Å². The van der Waals surface area contributed by atoms with Crippen LogP contribution in [-0.2, 0) is 20.9 Å². The van der Waals surface area contributed by atoms with Gasteiger partial charge in [-0.15, -0.1) is 0 Å². The van der Waals surface area contributed by atoms with Gasteiger partial charge in [-0.05, 0) is 72.2 Å². The summed E-state index contributed by atoms with van der Waals surface area (Å²) in [5.74, 6) is -4.29. The summed E-state index contributed by atoms with van der Waals surface area (Å²) >= 11 is 0. The third-order valence-electron chi connectivity index (χ3n) is 9.14. The molecule has 2 heterocycles. The fourth-order valence-corrected chi connectivity index (χ4v) is 6.27. The van der Waals surface area contributed by atoms with E-state index in [0.717, 1.165) is 16.7 Å². The fourth-order valence-electron chi connectivity index (χ4n) is 6.27. The number of benzene rings is 2. The van der Waals surface area contributed by atoms with Crippen molar-refractivity contribution in [3.05, 3.63) is 83.7 Å². The Morgan fingerprint density at radius 3 is 2.53 bits per heavy atom. The van der Waals surface area contributed by atoms with Crippen molar-refractivity contribution < 1.29 is 33.0 Å². The summed E-state index contributed by atoms with van der Waals surface area (Å²) in [6, 6.07) is 15.7. The van der Waals surface area contributed by atoms with Crippen LogP contribution in [0.4, 0.5) is 14.5 Å². The molecule has 0 radical (unpaired) electrons. The lowest BCUT2D eigenvalue weighted by molar-refractivity contribution is -0.182. The Balaban J connectivity index is 1.07. The number of amides is 2. The molecule has 2 fully saturated rings. The van der Waals surface area contributed by atoms with Gasteiger partial charge >= 0.3 is 5.97 Å². The first-order chi connectivity index (χ1) is 21.5. The highest BCUT2D eigenvalue weighted by Gasteiger charge is 2.50. The average molecular weight is 619 g/mol. The highest BCUT2D eigenvalue weighted by Crippen LogP contribution is 2.44. The van der Waals surface area contributed by atoms with Gasteiger partial charge in [0.1, 0.15) is 18.4 Å². The number of ether oxygens (including phenoxy) is 1. The van der Waals surface area contributed by atoms with Crippen LogP contribution in [0.2, 0.25) is 0 Å². The van der Waals surface area contributed by atoms with Crippen LogP contribution in [0.5, 0.6) is 0 Å². The van der Waals surface area contributed by atoms with Gasteiger partial charge in [-0.3, -0.25) is 24.7 Å². The minimum Gasteiger partial charge on any atom is -0.462 e. The monoisotopic (exact) mass is 618 g/mol. The zero-order valence-electron chi connectivity index (χ0n) is 25.2. The summed E-state index contributed by atoms with van der Waals surface area (Å²) in [7, 11) is 1.68. The number of halogens is 2. The van der Waals surface area contributed by atoms with E-state index < -0.39 is 42.9 Å². The van der Waals surface area contributed by atoms with Gasteiger partial charge in [0, 0.05) is 45.4 Å². The van der Waals surface area contributed by atoms with E-state index in [4.69, 9.17) is 4.74 Å². The summed E-state index contributed by atoms with van der Waals surface area (Å²) < 4.78 is 31.4. The number of hydrogen-bond donors (Lipinski definition) is 2. The molecule has 236 valence electrons. The molecule has 45 heavy (non-hydrogen) atoms. The van der Waals surface area contributed by atoms with Crippen LogP contribution >= 0.6 is 0 Å². The Kier molecular flexibility index (Phi) is 8.41. The number of esters is 1. The number of rotatable bonds is 9. The Labute approximate surface area is 260 Å². The summed E-state index contributed by atoms with van der Waals surface area (Å²) in [6.45, 7) is 2.38. The Hall–Kier alpha value is -4.22. The van der Waals surface area contributed by atoms with Crippen molar-refractivity contribution in [3.8, 4) is 11.1 Å². The summed E-state index contributed by atoms with van der Waals surface area (Å²) in [6.07, 6.45) is 2.48. The highest BCUT2D eigenvalue weighted by molar-refractivity contribution is 6.11. The van der Waals surface area contributed by atoms with Gasteiger partial charge in [0.15, 0.2) is 0 Å². The molecule has 2 aliphatic carbocycles. The zero-order chi connectivity index (χ0) is 31.9. The van der Waals surface area contributed by atoms with Crippen molar-refractivity contribution in [3.63, 3.8) is 0 Å². The highest BCUT2D eigenvalue weighted by atomic mass is 19.3. The molecule has 3 aliphatic rings. The summed E-state index contributed by atoms with van der Waals surface area (Å²) in [4.78, 5) is 46.4. The predicted molar refractivity (Wildman–Crippen MR) is 162 cm³/mol. The van der Waals surface area contributed by atoms with Gasteiger partial charge in [-0.25, -0.2) is 8.78 Å². The van der Waals surface area contributed by atoms with Crippen molar-refractivity contribution in [2.24, 2.45) is 11.8 Å². The zero-order valence-corrected chi connectivity index (χ0v) is 25.2. The minimum absolute atomic E-state index is 0.175. The average Bonchev–Trinajstić information content (AvgIpc) is 3.07. The van der Waals surface area contributed by atoms with E-state index in [2.05, 4.69) is 10.3 Å². The molecule has 2 N–H and O–H groups in total. The summed E-state index contributed by atoms with van der Waals surface area (Å²) in [5, 5.41) is 14.0. The van der Waals surface area contributed by atoms with Crippen molar-refractivity contribution in [2.45, 2.75) is 63.4 Å². The lowest BCUT2D eigenvalue weighted by Crippen LogP contribution is -2.45. The number of nitrogens with zero attached hydrogens (tertiary/aromatic N) is 3. The quantitative estimate of drug-likeness (QED) is 0.264. The number of carbonyl (C=O) groups excluding carboxylic acids is 3. The third-order valence-corrected chi connectivity index (χ3v) is 9.14. The maximum atomic E-state index is 13.8. The molecular formula is C34H36F2N4O5. The fraction of sp³-hybridized carbons (Fsp3) is 0.412. The van der Waals surface area contributed by atoms with Crippen molar-refractivity contribution in [2.75, 3.05) is 18.5 Å². The minimum atomic E-state index is -2.75. The number of nitrogens with one attached hydrogen (secondary N) is 1. The number of aliphatic hydroxyl groups excluding tert-OH is 1. The number of hydrogen-bond acceptors (Lipinski definition) is 7. The van der Waals surface area contributed by atoms with E-state index >= 15 is 0 Å². The van der Waals surface area contributed by atoms with Crippen LogP contribution in [-0.4, -0.2) is 64.4 Å². The number of alkyl halides is 2. The molecule has 0 saturated heterocycles. The van der Waals surface area contributed by atoms with Crippen molar-refractivity contribution >= 4 is 23.5 Å². The molecule has 1 aliphatic heterocycles. The first-order valence-corrected chi connectivity index (χ1v) is 15.2. The van der Waals surface area contributed by atoms with Gasteiger partial charge in [0.2, 0.25) is 11.8 Å². The maximum absolute atomic E-state index is 13.8. The normalized spacial score (nSPS) is 23.4. The van der Waals surface area contributed by atoms with Gasteiger partial charge in [-0.2, -0.15) is 0 Å². The van der Waals surface area contributed by atoms with Crippen LogP contribution in [0, 0.1) is 11.8 Å². The Morgan fingerprint density at radius 2 is 1.82 bits per heavy atom. The molecule has 2 saturated carbocycles. The number of fused-ring (bicyclic) bond motifs is 1. The number of aromatic nitrogens is 1. The van der Waals surface area contributed by atoms with Crippen LogP contribution in [0.1, 0.15) is 60.3 Å². The number of pyridine rings is 1. The van der Waals surface area contributed by atoms with Crippen LogP contribution < -0.4 is 10.2 Å². The largest absolute Gasteiger partial charge is 0.462 e. The lowest BCUT2D eigenvalue weighted by atomic mass is 9.80. The second-order valence-corrected chi connectivity index (χ2v) is 12.4. The SMILES string of the molecule is C[C@@H]1C(=O)N(C)c2cc(-c3ccncc3)ccc2C(=O)N1Cc1cccc(C(O)NCC2CC(OC(=O)C3CC(F)(F)C3)C2)c1. The van der Waals surface area contributed by atoms with E-state index in [-0.39, 0.29) is 30.4 Å². The van der Waals surface area contributed by atoms with Crippen LogP contribution in [0.3, 0.4) is 0 Å². The maximum Gasteiger partial charge on any atom is 0.309 e. The number of anilines is 1. The first-order valence-electron chi connectivity index (χ1n) is 15.2. The van der Waals surface area contributed by atoms with Crippen LogP contribution in [0.15, 0.2) is 67.0 Å². The van der Waals surface area contributed by atoms with E-state index in [1.54, 1.807) is 49.5 Å². The molecule has 6 rings (SSSR count). The predicted octanol–water partition coefficient (Wildman–Crippen LogP) is 4.70.